The van der Waals surface area contributed by atoms with Gasteiger partial charge in [0.25, 0.3) is 0 Å². The maximum atomic E-state index is 11.6. The van der Waals surface area contributed by atoms with Gasteiger partial charge in [-0.15, -0.1) is 0 Å². The summed E-state index contributed by atoms with van der Waals surface area (Å²) in [4.78, 5) is 22.0. The van der Waals surface area contributed by atoms with E-state index in [1.807, 2.05) is 0 Å². The Morgan fingerprint density at radius 2 is 2.20 bits per heavy atom. The molecule has 1 saturated heterocycles. The summed E-state index contributed by atoms with van der Waals surface area (Å²) < 4.78 is 0. The predicted molar refractivity (Wildman–Crippen MR) is 57.1 cm³/mol. The summed E-state index contributed by atoms with van der Waals surface area (Å²) in [5.41, 5.74) is 4.99. The van der Waals surface area contributed by atoms with Crippen LogP contribution in [0.25, 0.3) is 0 Å². The van der Waals surface area contributed by atoms with E-state index >= 15 is 0 Å². The predicted octanol–water partition coefficient (Wildman–Crippen LogP) is -0.490. The van der Waals surface area contributed by atoms with E-state index in [-0.39, 0.29) is 17.9 Å². The molecule has 2 amide bonds. The monoisotopic (exact) mass is 213 g/mol. The maximum Gasteiger partial charge on any atom is 0.237 e. The van der Waals surface area contributed by atoms with Crippen LogP contribution in [-0.2, 0) is 9.59 Å². The van der Waals surface area contributed by atoms with Crippen LogP contribution in [0.1, 0.15) is 32.1 Å². The highest BCUT2D eigenvalue weighted by Gasteiger charge is 2.19. The molecule has 86 valence electrons. The zero-order valence-corrected chi connectivity index (χ0v) is 8.92. The largest absolute Gasteiger partial charge is 0.370 e. The molecule has 0 radical (unpaired) electrons. The first-order chi connectivity index (χ1) is 7.20. The van der Waals surface area contributed by atoms with E-state index in [1.165, 1.54) is 0 Å². The molecule has 4 N–H and O–H groups in total. The molecular weight excluding hydrogens is 194 g/mol. The summed E-state index contributed by atoms with van der Waals surface area (Å²) in [6.07, 6.45) is 4.10. The summed E-state index contributed by atoms with van der Waals surface area (Å²) in [5, 5.41) is 5.96. The van der Waals surface area contributed by atoms with Crippen LogP contribution >= 0.6 is 0 Å². The SMILES string of the molecule is NC(=O)CCCNC(=O)C1CCCCN1. The quantitative estimate of drug-likeness (QED) is 0.539. The molecule has 0 saturated carbocycles. The number of nitrogens with one attached hydrogen (secondary N) is 2. The van der Waals surface area contributed by atoms with Gasteiger partial charge >= 0.3 is 0 Å². The molecule has 0 aliphatic carbocycles. The van der Waals surface area contributed by atoms with E-state index < -0.39 is 0 Å². The number of rotatable bonds is 5. The number of piperidine rings is 1. The van der Waals surface area contributed by atoms with Gasteiger partial charge in [0, 0.05) is 13.0 Å². The Morgan fingerprint density at radius 3 is 2.80 bits per heavy atom. The smallest absolute Gasteiger partial charge is 0.237 e. The average Bonchev–Trinajstić information content (AvgIpc) is 2.25. The molecule has 0 aromatic carbocycles. The molecule has 0 aromatic heterocycles. The molecule has 1 heterocycles. The van der Waals surface area contributed by atoms with Crippen molar-refractivity contribution < 1.29 is 9.59 Å². The van der Waals surface area contributed by atoms with E-state index in [2.05, 4.69) is 10.6 Å². The Morgan fingerprint density at radius 1 is 1.40 bits per heavy atom. The summed E-state index contributed by atoms with van der Waals surface area (Å²) in [5.74, 6) is -0.279. The zero-order valence-electron chi connectivity index (χ0n) is 8.92. The minimum Gasteiger partial charge on any atom is -0.370 e. The first-order valence-electron chi connectivity index (χ1n) is 5.49. The Bertz CT molecular complexity index is 225. The van der Waals surface area contributed by atoms with Gasteiger partial charge in [-0.3, -0.25) is 9.59 Å². The van der Waals surface area contributed by atoms with Crippen molar-refractivity contribution >= 4 is 11.8 Å². The van der Waals surface area contributed by atoms with Gasteiger partial charge in [-0.2, -0.15) is 0 Å². The van der Waals surface area contributed by atoms with Crippen molar-refractivity contribution in [3.05, 3.63) is 0 Å². The number of hydrogen-bond acceptors (Lipinski definition) is 3. The lowest BCUT2D eigenvalue weighted by atomic mass is 10.0. The lowest BCUT2D eigenvalue weighted by Crippen LogP contribution is -2.46. The van der Waals surface area contributed by atoms with E-state index in [1.54, 1.807) is 0 Å². The van der Waals surface area contributed by atoms with Crippen molar-refractivity contribution in [1.29, 1.82) is 0 Å². The summed E-state index contributed by atoms with van der Waals surface area (Å²) in [7, 11) is 0. The average molecular weight is 213 g/mol. The van der Waals surface area contributed by atoms with Gasteiger partial charge in [-0.25, -0.2) is 0 Å². The van der Waals surface area contributed by atoms with Gasteiger partial charge in [0.2, 0.25) is 11.8 Å². The van der Waals surface area contributed by atoms with Gasteiger partial charge in [0.15, 0.2) is 0 Å². The minimum absolute atomic E-state index is 0.0409. The van der Waals surface area contributed by atoms with Crippen LogP contribution in [0, 0.1) is 0 Å². The fourth-order valence-electron chi connectivity index (χ4n) is 1.67. The second-order valence-electron chi connectivity index (χ2n) is 3.86. The summed E-state index contributed by atoms with van der Waals surface area (Å²) in [6, 6.07) is -0.0488. The van der Waals surface area contributed by atoms with Crippen molar-refractivity contribution in [2.24, 2.45) is 5.73 Å². The molecular formula is C10H19N3O2. The van der Waals surface area contributed by atoms with Crippen LogP contribution in [0.15, 0.2) is 0 Å². The fraction of sp³-hybridized carbons (Fsp3) is 0.800. The van der Waals surface area contributed by atoms with Gasteiger partial charge in [0.05, 0.1) is 6.04 Å². The molecule has 1 aliphatic heterocycles. The maximum absolute atomic E-state index is 11.6. The van der Waals surface area contributed by atoms with E-state index in [0.717, 1.165) is 25.8 Å². The number of primary amides is 1. The summed E-state index contributed by atoms with van der Waals surface area (Å²) in [6.45, 7) is 1.44. The molecule has 0 aromatic rings. The Balaban J connectivity index is 2.09. The van der Waals surface area contributed by atoms with Crippen LogP contribution in [-0.4, -0.2) is 30.9 Å². The third-order valence-electron chi connectivity index (χ3n) is 2.53. The number of carbonyl (C=O) groups is 2. The molecule has 1 aliphatic rings. The molecule has 1 fully saturated rings. The molecule has 0 bridgehead atoms. The van der Waals surface area contributed by atoms with Crippen molar-refractivity contribution in [2.75, 3.05) is 13.1 Å². The number of nitrogens with two attached hydrogens (primary N) is 1. The van der Waals surface area contributed by atoms with E-state index in [0.29, 0.717) is 19.4 Å². The van der Waals surface area contributed by atoms with Crippen LogP contribution in [0.5, 0.6) is 0 Å². The highest BCUT2D eigenvalue weighted by molar-refractivity contribution is 5.81. The highest BCUT2D eigenvalue weighted by Crippen LogP contribution is 2.06. The Kier molecular flexibility index (Phi) is 5.10. The summed E-state index contributed by atoms with van der Waals surface area (Å²) >= 11 is 0. The third-order valence-corrected chi connectivity index (χ3v) is 2.53. The normalized spacial score (nSPS) is 20.9. The van der Waals surface area contributed by atoms with Crippen LogP contribution in [0.4, 0.5) is 0 Å². The standard InChI is InChI=1S/C10H19N3O2/c11-9(14)5-3-7-13-10(15)8-4-1-2-6-12-8/h8,12H,1-7H2,(H2,11,14)(H,13,15). The van der Waals surface area contributed by atoms with E-state index in [9.17, 15) is 9.59 Å². The first-order valence-corrected chi connectivity index (χ1v) is 5.49. The Labute approximate surface area is 89.8 Å². The molecule has 1 unspecified atom stereocenters. The van der Waals surface area contributed by atoms with Crippen LogP contribution in [0.3, 0.4) is 0 Å². The molecule has 5 heteroatoms. The molecule has 0 spiro atoms. The van der Waals surface area contributed by atoms with Gasteiger partial charge in [-0.1, -0.05) is 6.42 Å². The van der Waals surface area contributed by atoms with Gasteiger partial charge in [-0.05, 0) is 25.8 Å². The van der Waals surface area contributed by atoms with Crippen molar-refractivity contribution in [2.45, 2.75) is 38.1 Å². The molecule has 1 rings (SSSR count). The van der Waals surface area contributed by atoms with Crippen molar-refractivity contribution in [3.63, 3.8) is 0 Å². The zero-order chi connectivity index (χ0) is 11.1. The molecule has 15 heavy (non-hydrogen) atoms. The van der Waals surface area contributed by atoms with Crippen LogP contribution in [0.2, 0.25) is 0 Å². The second kappa shape index (κ2) is 6.40. The van der Waals surface area contributed by atoms with Crippen LogP contribution < -0.4 is 16.4 Å². The minimum atomic E-state index is -0.319. The molecule has 5 nitrogen and oxygen atoms in total. The topological polar surface area (TPSA) is 84.2 Å². The number of amides is 2. The lowest BCUT2D eigenvalue weighted by molar-refractivity contribution is -0.124. The Hall–Kier alpha value is -1.10. The van der Waals surface area contributed by atoms with Gasteiger partial charge < -0.3 is 16.4 Å². The van der Waals surface area contributed by atoms with E-state index in [4.69, 9.17) is 5.73 Å². The molecule has 1 atom stereocenters. The fourth-order valence-corrected chi connectivity index (χ4v) is 1.67. The second-order valence-corrected chi connectivity index (χ2v) is 3.86. The van der Waals surface area contributed by atoms with Gasteiger partial charge in [0.1, 0.15) is 0 Å². The third kappa shape index (κ3) is 4.78. The first kappa shape index (κ1) is 12.0. The van der Waals surface area contributed by atoms with Crippen molar-refractivity contribution in [3.8, 4) is 0 Å². The number of hydrogen-bond donors (Lipinski definition) is 3. The lowest BCUT2D eigenvalue weighted by Gasteiger charge is -2.22. The highest BCUT2D eigenvalue weighted by atomic mass is 16.2. The number of carbonyl (C=O) groups excluding carboxylic acids is 2. The van der Waals surface area contributed by atoms with Crippen molar-refractivity contribution in [1.82, 2.24) is 10.6 Å².